The van der Waals surface area contributed by atoms with Gasteiger partial charge in [0.25, 0.3) is 0 Å². The molecular formula is C11H19N5O6. The molecule has 1 amide bonds. The summed E-state index contributed by atoms with van der Waals surface area (Å²) in [5.41, 5.74) is 22.8. The Morgan fingerprint density at radius 1 is 1.00 bits per heavy atom. The fourth-order valence-electron chi connectivity index (χ4n) is 0.971. The number of nitrogens with zero attached hydrogens (tertiary/aromatic N) is 2. The SMILES string of the molecule is NC(=O)CC[C@H](N)C(=O)O.[N-]=[N+]=CC(=O)CC[C@H](N)C(=O)O. The molecule has 11 nitrogen and oxygen atoms in total. The molecule has 11 heteroatoms. The summed E-state index contributed by atoms with van der Waals surface area (Å²) in [4.78, 5) is 43.4. The summed E-state index contributed by atoms with van der Waals surface area (Å²) in [5, 5.41) is 16.5. The van der Waals surface area contributed by atoms with E-state index >= 15 is 0 Å². The molecule has 0 aliphatic rings. The molecule has 0 rings (SSSR count). The van der Waals surface area contributed by atoms with E-state index in [9.17, 15) is 19.2 Å². The van der Waals surface area contributed by atoms with Crippen molar-refractivity contribution in [3.8, 4) is 0 Å². The maximum absolute atomic E-state index is 10.6. The van der Waals surface area contributed by atoms with Gasteiger partial charge in [0.05, 0.1) is 0 Å². The van der Waals surface area contributed by atoms with Gasteiger partial charge in [0.15, 0.2) is 0 Å². The predicted molar refractivity (Wildman–Crippen MR) is 73.6 cm³/mol. The molecule has 8 N–H and O–H groups in total. The van der Waals surface area contributed by atoms with Gasteiger partial charge in [-0.2, -0.15) is 4.79 Å². The van der Waals surface area contributed by atoms with Gasteiger partial charge in [-0.25, -0.2) is 0 Å². The Balaban J connectivity index is 0. The summed E-state index contributed by atoms with van der Waals surface area (Å²) >= 11 is 0. The number of aliphatic carboxylic acids is 2. The van der Waals surface area contributed by atoms with Crippen LogP contribution < -0.4 is 17.2 Å². The molecule has 0 unspecified atom stereocenters. The largest absolute Gasteiger partial charge is 0.480 e. The molecule has 0 aliphatic heterocycles. The van der Waals surface area contributed by atoms with Crippen LogP contribution in [0.15, 0.2) is 0 Å². The number of carboxylic acids is 2. The van der Waals surface area contributed by atoms with E-state index in [1.54, 1.807) is 0 Å². The molecule has 0 aromatic rings. The lowest BCUT2D eigenvalue weighted by Gasteiger charge is -2.01. The minimum Gasteiger partial charge on any atom is -0.480 e. The highest BCUT2D eigenvalue weighted by atomic mass is 16.4. The van der Waals surface area contributed by atoms with Gasteiger partial charge >= 0.3 is 18.2 Å². The average molecular weight is 317 g/mol. The van der Waals surface area contributed by atoms with Crippen molar-refractivity contribution in [2.45, 2.75) is 37.8 Å². The van der Waals surface area contributed by atoms with Gasteiger partial charge in [0.1, 0.15) is 12.1 Å². The number of carboxylic acid groups (broad SMARTS) is 2. The number of hydrogen-bond donors (Lipinski definition) is 5. The zero-order valence-electron chi connectivity index (χ0n) is 11.7. The lowest BCUT2D eigenvalue weighted by Crippen LogP contribution is -2.31. The third kappa shape index (κ3) is 13.8. The first-order valence-electron chi connectivity index (χ1n) is 6.07. The van der Waals surface area contributed by atoms with Gasteiger partial charge in [0, 0.05) is 12.8 Å². The second-order valence-corrected chi connectivity index (χ2v) is 4.14. The van der Waals surface area contributed by atoms with Crippen LogP contribution in [-0.4, -0.2) is 56.9 Å². The van der Waals surface area contributed by atoms with Gasteiger partial charge in [-0.3, -0.25) is 19.2 Å². The minimum absolute atomic E-state index is 0.0213. The first-order valence-corrected chi connectivity index (χ1v) is 6.07. The zero-order chi connectivity index (χ0) is 17.7. The van der Waals surface area contributed by atoms with Crippen molar-refractivity contribution in [2.75, 3.05) is 0 Å². The Hall–Kier alpha value is -2.62. The summed E-state index contributed by atoms with van der Waals surface area (Å²) in [6.45, 7) is 0. The molecule has 0 heterocycles. The van der Waals surface area contributed by atoms with Crippen LogP contribution in [0.1, 0.15) is 25.7 Å². The third-order valence-electron chi connectivity index (χ3n) is 2.24. The van der Waals surface area contributed by atoms with Crippen LogP contribution in [0.4, 0.5) is 0 Å². The molecule has 0 aromatic carbocycles. The highest BCUT2D eigenvalue weighted by molar-refractivity contribution is 6.25. The number of amides is 1. The van der Waals surface area contributed by atoms with E-state index in [4.69, 9.17) is 32.9 Å². The van der Waals surface area contributed by atoms with Gasteiger partial charge in [0.2, 0.25) is 11.7 Å². The summed E-state index contributed by atoms with van der Waals surface area (Å²) in [6, 6.07) is -2.02. The van der Waals surface area contributed by atoms with Crippen LogP contribution in [0.2, 0.25) is 0 Å². The van der Waals surface area contributed by atoms with Gasteiger partial charge in [-0.1, -0.05) is 0 Å². The molecule has 0 saturated heterocycles. The molecule has 22 heavy (non-hydrogen) atoms. The standard InChI is InChI=1S/C6H9N3O3.C5H10N2O3/c7-5(6(11)12)2-1-4(10)3-9-8;6-3(5(9)10)1-2-4(7)8/h3,5H,1-2,7H2,(H,11,12);3H,1-2,6H2,(H2,7,8)(H,9,10)/t5-;3-/m00/s1. The second kappa shape index (κ2) is 12.1. The molecule has 2 atom stereocenters. The normalized spacial score (nSPS) is 11.9. The molecule has 0 saturated carbocycles. The Morgan fingerprint density at radius 3 is 1.73 bits per heavy atom. The zero-order valence-corrected chi connectivity index (χ0v) is 11.7. The van der Waals surface area contributed by atoms with Crippen LogP contribution in [0, 0.1) is 0 Å². The summed E-state index contributed by atoms with van der Waals surface area (Å²) < 4.78 is 0. The number of Topliss-reactive ketones (excluding diaryl/α,β-unsaturated/α-hetero) is 1. The number of ketones is 1. The van der Waals surface area contributed by atoms with Crippen molar-refractivity contribution in [1.29, 1.82) is 0 Å². The van der Waals surface area contributed by atoms with E-state index in [1.165, 1.54) is 0 Å². The molecule has 0 aliphatic carbocycles. The second-order valence-electron chi connectivity index (χ2n) is 4.14. The van der Waals surface area contributed by atoms with E-state index in [0.717, 1.165) is 0 Å². The smallest absolute Gasteiger partial charge is 0.323 e. The maximum atomic E-state index is 10.6. The van der Waals surface area contributed by atoms with Gasteiger partial charge in [-0.05, 0) is 12.8 Å². The Morgan fingerprint density at radius 2 is 1.41 bits per heavy atom. The summed E-state index contributed by atoms with van der Waals surface area (Å²) in [5.74, 6) is -3.24. The Bertz CT molecular complexity index is 460. The van der Waals surface area contributed by atoms with Crippen LogP contribution in [0.25, 0.3) is 5.53 Å². The summed E-state index contributed by atoms with van der Waals surface area (Å²) in [6.07, 6.45) is 0.852. The van der Waals surface area contributed by atoms with Crippen molar-refractivity contribution in [3.63, 3.8) is 0 Å². The van der Waals surface area contributed by atoms with Crippen LogP contribution in [0.3, 0.4) is 0 Å². The van der Waals surface area contributed by atoms with Crippen molar-refractivity contribution in [1.82, 2.24) is 0 Å². The molecule has 0 bridgehead atoms. The number of carbonyl (C=O) groups excluding carboxylic acids is 2. The number of nitrogens with two attached hydrogens (primary N) is 3. The maximum Gasteiger partial charge on any atom is 0.323 e. The van der Waals surface area contributed by atoms with Crippen molar-refractivity contribution in [2.24, 2.45) is 17.2 Å². The van der Waals surface area contributed by atoms with E-state index in [1.807, 2.05) is 0 Å². The van der Waals surface area contributed by atoms with Crippen LogP contribution in [0.5, 0.6) is 0 Å². The highest BCUT2D eigenvalue weighted by Gasteiger charge is 2.13. The van der Waals surface area contributed by atoms with E-state index < -0.39 is 35.7 Å². The fraction of sp³-hybridized carbons (Fsp3) is 0.545. The number of hydrogen-bond acceptors (Lipinski definition) is 6. The lowest BCUT2D eigenvalue weighted by atomic mass is 10.1. The van der Waals surface area contributed by atoms with Crippen molar-refractivity contribution >= 4 is 29.8 Å². The molecule has 0 radical (unpaired) electrons. The van der Waals surface area contributed by atoms with E-state index in [0.29, 0.717) is 6.21 Å². The van der Waals surface area contributed by atoms with Crippen LogP contribution >= 0.6 is 0 Å². The molecule has 0 aromatic heterocycles. The van der Waals surface area contributed by atoms with Gasteiger partial charge < -0.3 is 32.9 Å². The van der Waals surface area contributed by atoms with E-state index in [-0.39, 0.29) is 25.7 Å². The fourth-order valence-corrected chi connectivity index (χ4v) is 0.971. The van der Waals surface area contributed by atoms with Crippen LogP contribution in [-0.2, 0) is 19.2 Å². The number of carbonyl (C=O) groups is 4. The highest BCUT2D eigenvalue weighted by Crippen LogP contribution is 1.94. The third-order valence-corrected chi connectivity index (χ3v) is 2.24. The first kappa shape index (κ1) is 21.7. The average Bonchev–Trinajstić information content (AvgIpc) is 2.42. The first-order chi connectivity index (χ1) is 10.1. The minimum atomic E-state index is -1.15. The number of primary amides is 1. The quantitative estimate of drug-likeness (QED) is 0.176. The Labute approximate surface area is 125 Å². The van der Waals surface area contributed by atoms with Crippen molar-refractivity contribution in [3.05, 3.63) is 5.53 Å². The predicted octanol–water partition coefficient (Wildman–Crippen LogP) is -2.29. The summed E-state index contributed by atoms with van der Waals surface area (Å²) in [7, 11) is 0. The monoisotopic (exact) mass is 317 g/mol. The number of rotatable bonds is 9. The molecule has 124 valence electrons. The molecule has 0 fully saturated rings. The molecule has 0 spiro atoms. The molecular weight excluding hydrogens is 298 g/mol. The Kier molecular flexibility index (Phi) is 12.0. The van der Waals surface area contributed by atoms with Gasteiger partial charge in [-0.15, -0.1) is 0 Å². The lowest BCUT2D eigenvalue weighted by molar-refractivity contribution is -0.139. The van der Waals surface area contributed by atoms with Crippen molar-refractivity contribution < 1.29 is 34.2 Å². The van der Waals surface area contributed by atoms with E-state index in [2.05, 4.69) is 4.79 Å². The topological polar surface area (TPSA) is 223 Å².